The highest BCUT2D eigenvalue weighted by molar-refractivity contribution is 6.03. The molecule has 0 atom stereocenters. The zero-order valence-corrected chi connectivity index (χ0v) is 21.6. The first kappa shape index (κ1) is 27.6. The monoisotopic (exact) mass is 496 g/mol. The standard InChI is InChI=1S/C29H28N2O.CH3NO.CH5N/c1-20-7-9-21(10-8-20)22-11-13-23(14-12-22)24-15-16-28-27(17-24)29(25(19-32)18-30-28)31-26-5-3-2-4-6-26;2-1-3;1-2/h2-6,11-21H,7-10H2,1H3,(H,30,31);1H,(H2,2,3);2H2,1H3. The molecule has 1 aliphatic carbocycles. The molecule has 37 heavy (non-hydrogen) atoms. The summed E-state index contributed by atoms with van der Waals surface area (Å²) in [5, 5.41) is 4.38. The summed E-state index contributed by atoms with van der Waals surface area (Å²) >= 11 is 0. The van der Waals surface area contributed by atoms with E-state index in [1.807, 2.05) is 36.4 Å². The van der Waals surface area contributed by atoms with Gasteiger partial charge in [0.2, 0.25) is 6.41 Å². The Labute approximate surface area is 219 Å². The lowest BCUT2D eigenvalue weighted by Crippen LogP contribution is -2.10. The number of aromatic nitrogens is 1. The van der Waals surface area contributed by atoms with Gasteiger partial charge in [-0.2, -0.15) is 0 Å². The molecular formula is C31H36N4O2. The predicted octanol–water partition coefficient (Wildman–Crippen LogP) is 6.43. The van der Waals surface area contributed by atoms with Crippen molar-refractivity contribution in [2.75, 3.05) is 12.4 Å². The van der Waals surface area contributed by atoms with Gasteiger partial charge in [0.15, 0.2) is 6.29 Å². The van der Waals surface area contributed by atoms with Crippen LogP contribution in [0.15, 0.2) is 79.0 Å². The number of aldehydes is 1. The maximum atomic E-state index is 11.7. The van der Waals surface area contributed by atoms with Gasteiger partial charge < -0.3 is 16.8 Å². The van der Waals surface area contributed by atoms with Crippen LogP contribution in [0.5, 0.6) is 0 Å². The molecule has 192 valence electrons. The number of carbonyl (C=O) groups excluding carboxylic acids is 2. The van der Waals surface area contributed by atoms with E-state index in [-0.39, 0.29) is 6.41 Å². The Morgan fingerprint density at radius 1 is 0.865 bits per heavy atom. The van der Waals surface area contributed by atoms with Gasteiger partial charge in [-0.15, -0.1) is 0 Å². The molecule has 0 spiro atoms. The summed E-state index contributed by atoms with van der Waals surface area (Å²) in [4.78, 5) is 24.8. The molecule has 0 radical (unpaired) electrons. The summed E-state index contributed by atoms with van der Waals surface area (Å²) in [7, 11) is 1.50. The molecule has 0 saturated heterocycles. The van der Waals surface area contributed by atoms with Gasteiger partial charge in [0, 0.05) is 17.3 Å². The number of amides is 1. The Bertz CT molecular complexity index is 1280. The summed E-state index contributed by atoms with van der Waals surface area (Å²) in [5.41, 5.74) is 15.6. The van der Waals surface area contributed by atoms with Crippen LogP contribution in [0, 0.1) is 5.92 Å². The number of fused-ring (bicyclic) bond motifs is 1. The third-order valence-corrected chi connectivity index (χ3v) is 6.80. The summed E-state index contributed by atoms with van der Waals surface area (Å²) < 4.78 is 0. The largest absolute Gasteiger partial charge is 0.372 e. The Balaban J connectivity index is 0.000000711. The summed E-state index contributed by atoms with van der Waals surface area (Å²) in [5.74, 6) is 1.56. The fourth-order valence-corrected chi connectivity index (χ4v) is 4.82. The van der Waals surface area contributed by atoms with Crippen molar-refractivity contribution in [2.24, 2.45) is 17.4 Å². The molecule has 3 aromatic carbocycles. The Hall–Kier alpha value is -4.03. The zero-order chi connectivity index (χ0) is 26.6. The van der Waals surface area contributed by atoms with E-state index in [9.17, 15) is 4.79 Å². The maximum absolute atomic E-state index is 11.7. The lowest BCUT2D eigenvalue weighted by molar-refractivity contribution is -0.106. The van der Waals surface area contributed by atoms with Crippen molar-refractivity contribution in [1.82, 2.24) is 4.98 Å². The van der Waals surface area contributed by atoms with Gasteiger partial charge in [-0.25, -0.2) is 0 Å². The van der Waals surface area contributed by atoms with Gasteiger partial charge in [0.1, 0.15) is 0 Å². The predicted molar refractivity (Wildman–Crippen MR) is 153 cm³/mol. The number of para-hydroxylation sites is 1. The van der Waals surface area contributed by atoms with Crippen molar-refractivity contribution >= 4 is 35.0 Å². The number of anilines is 2. The second kappa shape index (κ2) is 13.9. The first-order valence-electron chi connectivity index (χ1n) is 12.7. The van der Waals surface area contributed by atoms with Crippen LogP contribution in [0.2, 0.25) is 0 Å². The van der Waals surface area contributed by atoms with Crippen LogP contribution in [-0.4, -0.2) is 24.7 Å². The highest BCUT2D eigenvalue weighted by Gasteiger charge is 2.19. The molecule has 5 N–H and O–H groups in total. The molecule has 1 saturated carbocycles. The van der Waals surface area contributed by atoms with Crippen LogP contribution in [0.4, 0.5) is 11.4 Å². The van der Waals surface area contributed by atoms with E-state index in [0.29, 0.717) is 11.5 Å². The number of hydrogen-bond acceptors (Lipinski definition) is 5. The number of benzene rings is 3. The number of hydrogen-bond donors (Lipinski definition) is 3. The van der Waals surface area contributed by atoms with Crippen LogP contribution in [0.25, 0.3) is 22.0 Å². The van der Waals surface area contributed by atoms with E-state index in [2.05, 4.69) is 65.1 Å². The Kier molecular flexibility index (Phi) is 10.4. The lowest BCUT2D eigenvalue weighted by atomic mass is 9.79. The molecule has 6 nitrogen and oxygen atoms in total. The minimum absolute atomic E-state index is 0.250. The molecule has 1 heterocycles. The number of primary amides is 1. The molecule has 1 aliphatic rings. The van der Waals surface area contributed by atoms with Crippen molar-refractivity contribution in [2.45, 2.75) is 38.5 Å². The quantitative estimate of drug-likeness (QED) is 0.276. The molecule has 1 aromatic heterocycles. The van der Waals surface area contributed by atoms with Crippen molar-refractivity contribution in [3.05, 3.63) is 90.1 Å². The van der Waals surface area contributed by atoms with Crippen molar-refractivity contribution in [1.29, 1.82) is 0 Å². The Morgan fingerprint density at radius 3 is 2.11 bits per heavy atom. The second-order valence-electron chi connectivity index (χ2n) is 9.14. The third kappa shape index (κ3) is 7.02. The van der Waals surface area contributed by atoms with Gasteiger partial charge >= 0.3 is 0 Å². The minimum atomic E-state index is 0.250. The summed E-state index contributed by atoms with van der Waals surface area (Å²) in [6.07, 6.45) is 8.02. The van der Waals surface area contributed by atoms with Crippen LogP contribution < -0.4 is 16.8 Å². The van der Waals surface area contributed by atoms with Crippen molar-refractivity contribution < 1.29 is 9.59 Å². The van der Waals surface area contributed by atoms with Crippen LogP contribution in [0.3, 0.4) is 0 Å². The number of rotatable bonds is 5. The molecule has 6 heteroatoms. The molecule has 0 aliphatic heterocycles. The Morgan fingerprint density at radius 2 is 1.49 bits per heavy atom. The zero-order valence-electron chi connectivity index (χ0n) is 21.6. The first-order valence-corrected chi connectivity index (χ1v) is 12.7. The summed E-state index contributed by atoms with van der Waals surface area (Å²) in [6, 6.07) is 25.3. The summed E-state index contributed by atoms with van der Waals surface area (Å²) in [6.45, 7) is 2.37. The fraction of sp³-hybridized carbons (Fsp3) is 0.258. The van der Waals surface area contributed by atoms with E-state index in [1.165, 1.54) is 43.9 Å². The van der Waals surface area contributed by atoms with Crippen LogP contribution >= 0.6 is 0 Å². The fourth-order valence-electron chi connectivity index (χ4n) is 4.82. The molecule has 5 rings (SSSR count). The number of nitrogens with zero attached hydrogens (tertiary/aromatic N) is 1. The van der Waals surface area contributed by atoms with E-state index in [0.717, 1.165) is 40.0 Å². The van der Waals surface area contributed by atoms with Gasteiger partial charge in [-0.05, 0) is 72.7 Å². The number of pyridine rings is 1. The van der Waals surface area contributed by atoms with Crippen molar-refractivity contribution in [3.8, 4) is 11.1 Å². The molecular weight excluding hydrogens is 460 g/mol. The van der Waals surface area contributed by atoms with Crippen molar-refractivity contribution in [3.63, 3.8) is 0 Å². The van der Waals surface area contributed by atoms with E-state index < -0.39 is 0 Å². The van der Waals surface area contributed by atoms with E-state index in [1.54, 1.807) is 6.20 Å². The lowest BCUT2D eigenvalue weighted by Gasteiger charge is -2.26. The highest BCUT2D eigenvalue weighted by atomic mass is 16.1. The van der Waals surface area contributed by atoms with Gasteiger partial charge in [-0.1, -0.05) is 68.3 Å². The average Bonchev–Trinajstić information content (AvgIpc) is 2.96. The SMILES string of the molecule is CC1CCC(c2ccc(-c3ccc4ncc(C=O)c(Nc5ccccc5)c4c3)cc2)CC1.CN.NC=O. The number of nitrogens with one attached hydrogen (secondary N) is 1. The van der Waals surface area contributed by atoms with E-state index >= 15 is 0 Å². The third-order valence-electron chi connectivity index (χ3n) is 6.80. The molecule has 4 aromatic rings. The van der Waals surface area contributed by atoms with E-state index in [4.69, 9.17) is 4.79 Å². The molecule has 0 unspecified atom stereocenters. The molecule has 1 amide bonds. The maximum Gasteiger partial charge on any atom is 0.204 e. The molecule has 0 bridgehead atoms. The van der Waals surface area contributed by atoms with Gasteiger partial charge in [-0.3, -0.25) is 14.6 Å². The average molecular weight is 497 g/mol. The normalized spacial score (nSPS) is 16.4. The van der Waals surface area contributed by atoms with Crippen LogP contribution in [0.1, 0.15) is 54.4 Å². The first-order chi connectivity index (χ1) is 18.1. The highest BCUT2D eigenvalue weighted by Crippen LogP contribution is 2.37. The smallest absolute Gasteiger partial charge is 0.204 e. The number of carbonyl (C=O) groups is 2. The molecule has 1 fully saturated rings. The topological polar surface area (TPSA) is 111 Å². The van der Waals surface area contributed by atoms with Gasteiger partial charge in [0.05, 0.1) is 16.8 Å². The van der Waals surface area contributed by atoms with Crippen LogP contribution in [-0.2, 0) is 4.79 Å². The van der Waals surface area contributed by atoms with Gasteiger partial charge in [0.25, 0.3) is 0 Å². The minimum Gasteiger partial charge on any atom is -0.372 e. The number of nitrogens with two attached hydrogens (primary N) is 2. The second-order valence-corrected chi connectivity index (χ2v) is 9.14.